The van der Waals surface area contributed by atoms with Gasteiger partial charge in [0.2, 0.25) is 0 Å². The smallest absolute Gasteiger partial charge is 0.272 e. The Bertz CT molecular complexity index is 866. The molecule has 2 aromatic carbocycles. The van der Waals surface area contributed by atoms with Crippen LogP contribution in [0.25, 0.3) is 10.9 Å². The third-order valence-corrected chi connectivity index (χ3v) is 3.68. The Hall–Kier alpha value is -3.15. The third-order valence-electron chi connectivity index (χ3n) is 3.68. The molecule has 0 aliphatic rings. The molecule has 0 bridgehead atoms. The summed E-state index contributed by atoms with van der Waals surface area (Å²) in [6.45, 7) is 1.98. The van der Waals surface area contributed by atoms with E-state index in [1.54, 1.807) is 6.92 Å². The molecule has 116 valence electrons. The number of nitro benzene ring substituents is 1. The molecule has 1 amide bonds. The number of carbonyl (C=O) groups is 1. The van der Waals surface area contributed by atoms with Gasteiger partial charge in [-0.3, -0.25) is 14.9 Å². The van der Waals surface area contributed by atoms with Gasteiger partial charge in [0, 0.05) is 28.4 Å². The third kappa shape index (κ3) is 3.06. The number of fused-ring (bicyclic) bond motifs is 1. The van der Waals surface area contributed by atoms with Crippen LogP contribution < -0.4 is 5.32 Å². The topological polar surface area (TPSA) is 88.0 Å². The lowest BCUT2D eigenvalue weighted by Gasteiger charge is -2.05. The lowest BCUT2D eigenvalue weighted by Crippen LogP contribution is -2.23. The summed E-state index contributed by atoms with van der Waals surface area (Å²) in [6, 6.07) is 14.2. The Balaban J connectivity index is 1.71. The Morgan fingerprint density at radius 3 is 2.70 bits per heavy atom. The molecule has 6 heteroatoms. The van der Waals surface area contributed by atoms with Crippen molar-refractivity contribution in [2.45, 2.75) is 13.5 Å². The number of nitro groups is 1. The van der Waals surface area contributed by atoms with Crippen LogP contribution in [-0.4, -0.2) is 15.8 Å². The largest absolute Gasteiger partial charge is 0.357 e. The van der Waals surface area contributed by atoms with Crippen LogP contribution in [0.5, 0.6) is 0 Å². The molecular weight excluding hydrogens is 294 g/mol. The number of hydrogen-bond acceptors (Lipinski definition) is 3. The summed E-state index contributed by atoms with van der Waals surface area (Å²) >= 11 is 0. The van der Waals surface area contributed by atoms with Crippen molar-refractivity contribution in [3.8, 4) is 0 Å². The molecule has 0 saturated heterocycles. The summed E-state index contributed by atoms with van der Waals surface area (Å²) in [5.74, 6) is -0.262. The molecule has 0 spiro atoms. The van der Waals surface area contributed by atoms with Gasteiger partial charge in [0.15, 0.2) is 0 Å². The molecule has 3 aromatic rings. The minimum atomic E-state index is -0.457. The van der Waals surface area contributed by atoms with Crippen LogP contribution in [0.3, 0.4) is 0 Å². The second-order valence-corrected chi connectivity index (χ2v) is 5.32. The summed E-state index contributed by atoms with van der Waals surface area (Å²) in [4.78, 5) is 25.7. The lowest BCUT2D eigenvalue weighted by atomic mass is 10.1. The van der Waals surface area contributed by atoms with Crippen LogP contribution in [0.1, 0.15) is 21.6 Å². The first-order chi connectivity index (χ1) is 11.0. The maximum atomic E-state index is 12.2. The average Bonchev–Trinajstić information content (AvgIpc) is 2.95. The highest BCUT2D eigenvalue weighted by molar-refractivity contribution is 5.94. The summed E-state index contributed by atoms with van der Waals surface area (Å²) < 4.78 is 0. The summed E-state index contributed by atoms with van der Waals surface area (Å²) in [7, 11) is 0. The number of rotatable bonds is 4. The fourth-order valence-electron chi connectivity index (χ4n) is 2.51. The van der Waals surface area contributed by atoms with Gasteiger partial charge in [-0.1, -0.05) is 18.2 Å². The van der Waals surface area contributed by atoms with Crippen LogP contribution in [0.4, 0.5) is 5.69 Å². The number of nitrogens with zero attached hydrogens (tertiary/aromatic N) is 1. The van der Waals surface area contributed by atoms with Crippen LogP contribution in [0.15, 0.2) is 48.5 Å². The predicted molar refractivity (Wildman–Crippen MR) is 87.3 cm³/mol. The molecule has 3 rings (SSSR count). The Morgan fingerprint density at radius 1 is 1.22 bits per heavy atom. The van der Waals surface area contributed by atoms with Gasteiger partial charge in [0.1, 0.15) is 0 Å². The SMILES string of the molecule is Cc1cc(C(=O)NCc2cc3ccccc3[nH]2)ccc1[N+](=O)[O-]. The highest BCUT2D eigenvalue weighted by Crippen LogP contribution is 2.19. The van der Waals surface area contributed by atoms with E-state index in [0.717, 1.165) is 16.6 Å². The summed E-state index contributed by atoms with van der Waals surface area (Å²) in [5.41, 5.74) is 2.80. The molecule has 1 heterocycles. The van der Waals surface area contributed by atoms with E-state index in [2.05, 4.69) is 10.3 Å². The van der Waals surface area contributed by atoms with Crippen LogP contribution in [0, 0.1) is 17.0 Å². The number of para-hydroxylation sites is 1. The number of amides is 1. The number of aryl methyl sites for hydroxylation is 1. The first-order valence-electron chi connectivity index (χ1n) is 7.14. The highest BCUT2D eigenvalue weighted by Gasteiger charge is 2.13. The standard InChI is InChI=1S/C17H15N3O3/c1-11-8-13(6-7-16(11)20(22)23)17(21)18-10-14-9-12-4-2-3-5-15(12)19-14/h2-9,19H,10H2,1H3,(H,18,21). The molecule has 0 saturated carbocycles. The minimum Gasteiger partial charge on any atom is -0.357 e. The maximum Gasteiger partial charge on any atom is 0.272 e. The van der Waals surface area contributed by atoms with Crippen LogP contribution in [0.2, 0.25) is 0 Å². The van der Waals surface area contributed by atoms with E-state index in [4.69, 9.17) is 0 Å². The molecule has 0 radical (unpaired) electrons. The monoisotopic (exact) mass is 309 g/mol. The van der Waals surface area contributed by atoms with E-state index in [-0.39, 0.29) is 11.6 Å². The second kappa shape index (κ2) is 5.92. The second-order valence-electron chi connectivity index (χ2n) is 5.32. The van der Waals surface area contributed by atoms with Gasteiger partial charge in [0.25, 0.3) is 11.6 Å². The number of benzene rings is 2. The van der Waals surface area contributed by atoms with E-state index in [1.807, 2.05) is 30.3 Å². The van der Waals surface area contributed by atoms with Crippen LogP contribution in [-0.2, 0) is 6.54 Å². The molecule has 0 aliphatic carbocycles. The fraction of sp³-hybridized carbons (Fsp3) is 0.118. The molecule has 1 aromatic heterocycles. The van der Waals surface area contributed by atoms with Crippen molar-refractivity contribution < 1.29 is 9.72 Å². The van der Waals surface area contributed by atoms with Crippen LogP contribution >= 0.6 is 0 Å². The van der Waals surface area contributed by atoms with Gasteiger partial charge in [0.05, 0.1) is 11.5 Å². The quantitative estimate of drug-likeness (QED) is 0.572. The van der Waals surface area contributed by atoms with E-state index in [9.17, 15) is 14.9 Å². The zero-order valence-electron chi connectivity index (χ0n) is 12.5. The first-order valence-corrected chi connectivity index (χ1v) is 7.14. The van der Waals surface area contributed by atoms with Crippen molar-refractivity contribution >= 4 is 22.5 Å². The van der Waals surface area contributed by atoms with E-state index >= 15 is 0 Å². The summed E-state index contributed by atoms with van der Waals surface area (Å²) in [5, 5.41) is 14.7. The Morgan fingerprint density at radius 2 is 2.00 bits per heavy atom. The number of aromatic amines is 1. The normalized spacial score (nSPS) is 10.7. The molecule has 0 fully saturated rings. The fourth-order valence-corrected chi connectivity index (χ4v) is 2.51. The van der Waals surface area contributed by atoms with Gasteiger partial charge < -0.3 is 10.3 Å². The van der Waals surface area contributed by atoms with E-state index < -0.39 is 4.92 Å². The lowest BCUT2D eigenvalue weighted by molar-refractivity contribution is -0.385. The van der Waals surface area contributed by atoms with E-state index in [0.29, 0.717) is 17.7 Å². The average molecular weight is 309 g/mol. The van der Waals surface area contributed by atoms with Gasteiger partial charge in [-0.2, -0.15) is 0 Å². The zero-order valence-corrected chi connectivity index (χ0v) is 12.5. The number of carbonyl (C=O) groups excluding carboxylic acids is 1. The molecule has 2 N–H and O–H groups in total. The van der Waals surface area contributed by atoms with Gasteiger partial charge >= 0.3 is 0 Å². The zero-order chi connectivity index (χ0) is 16.4. The Kier molecular flexibility index (Phi) is 3.80. The van der Waals surface area contributed by atoms with Gasteiger partial charge in [-0.25, -0.2) is 0 Å². The maximum absolute atomic E-state index is 12.2. The van der Waals surface area contributed by atoms with Crippen molar-refractivity contribution in [2.24, 2.45) is 0 Å². The molecule has 0 atom stereocenters. The van der Waals surface area contributed by atoms with Crippen molar-refractivity contribution in [3.63, 3.8) is 0 Å². The van der Waals surface area contributed by atoms with Crippen molar-refractivity contribution in [1.29, 1.82) is 0 Å². The number of H-pyrrole nitrogens is 1. The minimum absolute atomic E-state index is 0.0113. The van der Waals surface area contributed by atoms with Crippen molar-refractivity contribution in [1.82, 2.24) is 10.3 Å². The molecule has 6 nitrogen and oxygen atoms in total. The molecular formula is C17H15N3O3. The number of aromatic nitrogens is 1. The van der Waals surface area contributed by atoms with Gasteiger partial charge in [-0.15, -0.1) is 0 Å². The summed E-state index contributed by atoms with van der Waals surface area (Å²) in [6.07, 6.45) is 0. The molecule has 23 heavy (non-hydrogen) atoms. The molecule has 0 aliphatic heterocycles. The van der Waals surface area contributed by atoms with Crippen molar-refractivity contribution in [3.05, 3.63) is 75.5 Å². The number of hydrogen-bond donors (Lipinski definition) is 2. The molecule has 0 unspecified atom stereocenters. The van der Waals surface area contributed by atoms with Crippen molar-refractivity contribution in [2.75, 3.05) is 0 Å². The first kappa shape index (κ1) is 14.8. The Labute approximate surface area is 132 Å². The van der Waals surface area contributed by atoms with Gasteiger partial charge in [-0.05, 0) is 36.6 Å². The van der Waals surface area contributed by atoms with E-state index in [1.165, 1.54) is 18.2 Å². The number of nitrogens with one attached hydrogen (secondary N) is 2. The highest BCUT2D eigenvalue weighted by atomic mass is 16.6. The predicted octanol–water partition coefficient (Wildman–Crippen LogP) is 3.31.